The number of sulfone groups is 1. The van der Waals surface area contributed by atoms with Gasteiger partial charge >= 0.3 is 0 Å². The van der Waals surface area contributed by atoms with E-state index in [0.29, 0.717) is 18.6 Å². The summed E-state index contributed by atoms with van der Waals surface area (Å²) in [7, 11) is -3.00. The lowest BCUT2D eigenvalue weighted by Crippen LogP contribution is -2.29. The molecule has 0 heterocycles. The fraction of sp³-hybridized carbons (Fsp3) is 0.696. The van der Waals surface area contributed by atoms with Gasteiger partial charge in [-0.3, -0.25) is 4.79 Å². The van der Waals surface area contributed by atoms with Crippen molar-refractivity contribution in [2.24, 2.45) is 11.8 Å². The Kier molecular flexibility index (Phi) is 9.00. The number of ether oxygens (including phenoxy) is 1. The third-order valence-corrected chi connectivity index (χ3v) is 8.51. The Bertz CT molecular complexity index is 701. The summed E-state index contributed by atoms with van der Waals surface area (Å²) in [5.74, 6) is 1.82. The van der Waals surface area contributed by atoms with Crippen LogP contribution in [0.15, 0.2) is 24.3 Å². The molecule has 1 aromatic carbocycles. The van der Waals surface area contributed by atoms with Crippen molar-refractivity contribution in [2.45, 2.75) is 77.4 Å². The van der Waals surface area contributed by atoms with Gasteiger partial charge in [-0.2, -0.15) is 0 Å². The van der Waals surface area contributed by atoms with E-state index in [4.69, 9.17) is 4.74 Å². The van der Waals surface area contributed by atoms with E-state index in [1.165, 1.54) is 0 Å². The summed E-state index contributed by atoms with van der Waals surface area (Å²) in [6.45, 7) is 6.52. The van der Waals surface area contributed by atoms with Crippen LogP contribution in [0.25, 0.3) is 0 Å². The predicted molar refractivity (Wildman–Crippen MR) is 115 cm³/mol. The third kappa shape index (κ3) is 6.91. The van der Waals surface area contributed by atoms with Crippen LogP contribution in [0, 0.1) is 11.8 Å². The van der Waals surface area contributed by atoms with Crippen molar-refractivity contribution in [3.8, 4) is 5.75 Å². The molecule has 1 aliphatic carbocycles. The van der Waals surface area contributed by atoms with Gasteiger partial charge in [0, 0.05) is 12.3 Å². The van der Waals surface area contributed by atoms with E-state index in [-0.39, 0.29) is 22.8 Å². The Morgan fingerprint density at radius 2 is 1.75 bits per heavy atom. The van der Waals surface area contributed by atoms with Gasteiger partial charge in [-0.15, -0.1) is 0 Å². The van der Waals surface area contributed by atoms with Crippen molar-refractivity contribution in [1.29, 1.82) is 0 Å². The quantitative estimate of drug-likeness (QED) is 0.517. The molecular weight excluding hydrogens is 372 g/mol. The highest BCUT2D eigenvalue weighted by Gasteiger charge is 2.30. The summed E-state index contributed by atoms with van der Waals surface area (Å²) >= 11 is 0. The maximum Gasteiger partial charge on any atom is 0.153 e. The van der Waals surface area contributed by atoms with E-state index in [1.54, 1.807) is 6.92 Å². The number of hydrogen-bond donors (Lipinski definition) is 0. The van der Waals surface area contributed by atoms with Crippen LogP contribution in [-0.2, 0) is 21.1 Å². The Morgan fingerprint density at radius 3 is 2.32 bits per heavy atom. The van der Waals surface area contributed by atoms with E-state index >= 15 is 0 Å². The molecule has 0 saturated heterocycles. The first-order valence-corrected chi connectivity index (χ1v) is 12.5. The van der Waals surface area contributed by atoms with E-state index in [2.05, 4.69) is 6.92 Å². The topological polar surface area (TPSA) is 60.4 Å². The molecule has 1 aliphatic rings. The summed E-state index contributed by atoms with van der Waals surface area (Å²) in [6, 6.07) is 8.01. The van der Waals surface area contributed by atoms with Gasteiger partial charge in [0.1, 0.15) is 11.5 Å². The zero-order valence-electron chi connectivity index (χ0n) is 17.7. The SMILES string of the molecule is CCCOc1ccc(CCC(=O)C2CCC(CS(=O)(=O)C(C)CC)CC2)cc1. The minimum absolute atomic E-state index is 0.106. The number of ketones is 1. The minimum Gasteiger partial charge on any atom is -0.494 e. The molecule has 5 heteroatoms. The fourth-order valence-electron chi connectivity index (χ4n) is 3.84. The molecule has 28 heavy (non-hydrogen) atoms. The highest BCUT2D eigenvalue weighted by molar-refractivity contribution is 7.92. The maximum absolute atomic E-state index is 12.6. The van der Waals surface area contributed by atoms with Gasteiger partial charge in [0.25, 0.3) is 0 Å². The van der Waals surface area contributed by atoms with Crippen molar-refractivity contribution >= 4 is 15.6 Å². The summed E-state index contributed by atoms with van der Waals surface area (Å²) in [6.07, 6.45) is 6.37. The molecule has 0 amide bonds. The molecule has 1 atom stereocenters. The molecule has 0 aliphatic heterocycles. The molecule has 1 unspecified atom stereocenters. The summed E-state index contributed by atoms with van der Waals surface area (Å²) in [5.41, 5.74) is 1.16. The molecule has 0 aromatic heterocycles. The number of benzene rings is 1. The van der Waals surface area contributed by atoms with E-state index < -0.39 is 9.84 Å². The van der Waals surface area contributed by atoms with Gasteiger partial charge in [0.2, 0.25) is 0 Å². The second-order valence-electron chi connectivity index (χ2n) is 8.22. The lowest BCUT2D eigenvalue weighted by Gasteiger charge is -2.28. The van der Waals surface area contributed by atoms with Crippen LogP contribution in [0.2, 0.25) is 0 Å². The van der Waals surface area contributed by atoms with Crippen LogP contribution in [0.5, 0.6) is 5.75 Å². The van der Waals surface area contributed by atoms with Crippen LogP contribution in [0.1, 0.15) is 71.3 Å². The molecule has 0 bridgehead atoms. The van der Waals surface area contributed by atoms with Crippen molar-refractivity contribution in [2.75, 3.05) is 12.4 Å². The number of aryl methyl sites for hydroxylation is 1. The van der Waals surface area contributed by atoms with Crippen molar-refractivity contribution in [1.82, 2.24) is 0 Å². The average Bonchev–Trinajstić information content (AvgIpc) is 2.70. The fourth-order valence-corrected chi connectivity index (χ4v) is 5.67. The summed E-state index contributed by atoms with van der Waals surface area (Å²) in [5, 5.41) is -0.259. The average molecular weight is 409 g/mol. The Morgan fingerprint density at radius 1 is 1.11 bits per heavy atom. The minimum atomic E-state index is -3.00. The van der Waals surface area contributed by atoms with Crippen LogP contribution in [0.3, 0.4) is 0 Å². The van der Waals surface area contributed by atoms with Crippen molar-refractivity contribution in [3.05, 3.63) is 29.8 Å². The van der Waals surface area contributed by atoms with Gasteiger partial charge in [0.15, 0.2) is 9.84 Å². The largest absolute Gasteiger partial charge is 0.494 e. The standard InChI is InChI=1S/C23H36O4S/c1-4-16-27-22-13-8-19(9-14-22)10-15-23(24)21-11-6-20(7-12-21)17-28(25,26)18(3)5-2/h8-9,13-14,18,20-21H,4-7,10-12,15-17H2,1-3H3. The van der Waals surface area contributed by atoms with E-state index in [1.807, 2.05) is 31.2 Å². The molecule has 0 N–H and O–H groups in total. The van der Waals surface area contributed by atoms with Gasteiger partial charge in [-0.25, -0.2) is 8.42 Å². The molecule has 0 spiro atoms. The molecular formula is C23H36O4S. The monoisotopic (exact) mass is 408 g/mol. The lowest BCUT2D eigenvalue weighted by atomic mass is 9.79. The van der Waals surface area contributed by atoms with Gasteiger partial charge in [-0.1, -0.05) is 26.0 Å². The number of hydrogen-bond acceptors (Lipinski definition) is 4. The molecule has 2 rings (SSSR count). The highest BCUT2D eigenvalue weighted by Crippen LogP contribution is 2.32. The molecule has 4 nitrogen and oxygen atoms in total. The Balaban J connectivity index is 1.74. The normalized spacial score (nSPS) is 21.2. The van der Waals surface area contributed by atoms with Gasteiger partial charge in [-0.05, 0) is 75.5 Å². The third-order valence-electron chi connectivity index (χ3n) is 6.01. The number of rotatable bonds is 11. The maximum atomic E-state index is 12.6. The number of carbonyl (C=O) groups is 1. The summed E-state index contributed by atoms with van der Waals surface area (Å²) in [4.78, 5) is 12.6. The van der Waals surface area contributed by atoms with E-state index in [0.717, 1.165) is 56.4 Å². The zero-order valence-corrected chi connectivity index (χ0v) is 18.5. The molecule has 1 saturated carbocycles. The van der Waals surface area contributed by atoms with Crippen LogP contribution < -0.4 is 4.74 Å². The number of Topliss-reactive ketones (excluding diaryl/α,β-unsaturated/α-hetero) is 1. The van der Waals surface area contributed by atoms with Crippen molar-refractivity contribution < 1.29 is 17.9 Å². The summed E-state index contributed by atoms with van der Waals surface area (Å²) < 4.78 is 30.2. The Labute approximate surface area is 171 Å². The van der Waals surface area contributed by atoms with Crippen molar-refractivity contribution in [3.63, 3.8) is 0 Å². The smallest absolute Gasteiger partial charge is 0.153 e. The first-order chi connectivity index (χ1) is 13.4. The van der Waals surface area contributed by atoms with Crippen LogP contribution >= 0.6 is 0 Å². The van der Waals surface area contributed by atoms with Gasteiger partial charge < -0.3 is 4.74 Å². The Hall–Kier alpha value is -1.36. The molecule has 1 aromatic rings. The first-order valence-electron chi connectivity index (χ1n) is 10.8. The zero-order chi connectivity index (χ0) is 20.6. The van der Waals surface area contributed by atoms with Gasteiger partial charge in [0.05, 0.1) is 17.6 Å². The van der Waals surface area contributed by atoms with Crippen LogP contribution in [0.4, 0.5) is 0 Å². The van der Waals surface area contributed by atoms with Crippen LogP contribution in [-0.4, -0.2) is 31.8 Å². The second-order valence-corrected chi connectivity index (χ2v) is 10.7. The molecule has 1 fully saturated rings. The molecule has 158 valence electrons. The second kappa shape index (κ2) is 11.0. The highest BCUT2D eigenvalue weighted by atomic mass is 32.2. The van der Waals surface area contributed by atoms with E-state index in [9.17, 15) is 13.2 Å². The predicted octanol–water partition coefficient (Wildman–Crippen LogP) is 5.00. The number of carbonyl (C=O) groups excluding carboxylic acids is 1. The molecule has 0 radical (unpaired) electrons. The first kappa shape index (κ1) is 22.9. The lowest BCUT2D eigenvalue weighted by molar-refractivity contribution is -0.124.